The molecule has 7 heteroatoms. The standard InChI is InChI=1S/C27H31N5O2/c1-18(2)32-15-13-21(14-16-32)28-25-17-24(29-26(31-25)20-9-5-4-6-10-20)27(34)30-23-12-8-7-11-22(23)19(3)33/h4-12,17-18,21H,13-16H2,1-3H3,(H,30,34)(H,28,29,31). The van der Waals surface area contributed by atoms with E-state index in [9.17, 15) is 9.59 Å². The number of hydrogen-bond donors (Lipinski definition) is 2. The van der Waals surface area contributed by atoms with Gasteiger partial charge in [0.1, 0.15) is 11.5 Å². The van der Waals surface area contributed by atoms with Crippen LogP contribution in [0.3, 0.4) is 0 Å². The SMILES string of the molecule is CC(=O)c1ccccc1NC(=O)c1cc(NC2CCN(C(C)C)CC2)nc(-c2ccccc2)n1. The Hall–Kier alpha value is -3.58. The van der Waals surface area contributed by atoms with Crippen molar-refractivity contribution >= 4 is 23.2 Å². The van der Waals surface area contributed by atoms with Crippen molar-refractivity contribution < 1.29 is 9.59 Å². The number of piperidine rings is 1. The van der Waals surface area contributed by atoms with Gasteiger partial charge in [-0.15, -0.1) is 0 Å². The average molecular weight is 458 g/mol. The number of nitrogens with one attached hydrogen (secondary N) is 2. The van der Waals surface area contributed by atoms with Gasteiger partial charge in [0.05, 0.1) is 5.69 Å². The molecule has 0 spiro atoms. The van der Waals surface area contributed by atoms with E-state index in [1.165, 1.54) is 6.92 Å². The molecule has 0 unspecified atom stereocenters. The molecule has 176 valence electrons. The number of benzene rings is 2. The van der Waals surface area contributed by atoms with Crippen LogP contribution in [0.1, 0.15) is 54.5 Å². The second-order valence-corrected chi connectivity index (χ2v) is 8.93. The lowest BCUT2D eigenvalue weighted by molar-refractivity contribution is 0.101. The molecule has 1 saturated heterocycles. The number of carbonyl (C=O) groups excluding carboxylic acids is 2. The minimum Gasteiger partial charge on any atom is -0.367 e. The average Bonchev–Trinajstić information content (AvgIpc) is 2.85. The summed E-state index contributed by atoms with van der Waals surface area (Å²) in [5.74, 6) is 0.613. The van der Waals surface area contributed by atoms with E-state index in [-0.39, 0.29) is 23.4 Å². The Bertz CT molecular complexity index is 1150. The molecule has 1 fully saturated rings. The van der Waals surface area contributed by atoms with Crippen molar-refractivity contribution in [3.05, 3.63) is 71.9 Å². The highest BCUT2D eigenvalue weighted by atomic mass is 16.2. The maximum atomic E-state index is 13.2. The van der Waals surface area contributed by atoms with Crippen LogP contribution in [0.15, 0.2) is 60.7 Å². The zero-order chi connectivity index (χ0) is 24.1. The highest BCUT2D eigenvalue weighted by Crippen LogP contribution is 2.23. The first kappa shape index (κ1) is 23.6. The molecule has 1 aliphatic rings. The summed E-state index contributed by atoms with van der Waals surface area (Å²) in [7, 11) is 0. The summed E-state index contributed by atoms with van der Waals surface area (Å²) in [5.41, 5.74) is 2.01. The maximum Gasteiger partial charge on any atom is 0.274 e. The Kier molecular flexibility index (Phi) is 7.33. The smallest absolute Gasteiger partial charge is 0.274 e. The van der Waals surface area contributed by atoms with Crippen molar-refractivity contribution in [1.29, 1.82) is 0 Å². The normalized spacial score (nSPS) is 14.7. The molecule has 1 aliphatic heterocycles. The number of amides is 1. The number of Topliss-reactive ketones (excluding diaryl/α,β-unsaturated/α-hetero) is 1. The molecule has 2 heterocycles. The molecule has 34 heavy (non-hydrogen) atoms. The largest absolute Gasteiger partial charge is 0.367 e. The van der Waals surface area contributed by atoms with Crippen molar-refractivity contribution in [2.45, 2.75) is 45.7 Å². The van der Waals surface area contributed by atoms with Gasteiger partial charge >= 0.3 is 0 Å². The number of anilines is 2. The molecule has 1 amide bonds. The molecule has 7 nitrogen and oxygen atoms in total. The van der Waals surface area contributed by atoms with Gasteiger partial charge < -0.3 is 15.5 Å². The van der Waals surface area contributed by atoms with E-state index in [1.54, 1.807) is 30.3 Å². The molecular formula is C27H31N5O2. The Morgan fingerprint density at radius 3 is 2.32 bits per heavy atom. The third kappa shape index (κ3) is 5.66. The summed E-state index contributed by atoms with van der Waals surface area (Å²) in [4.78, 5) is 36.9. The van der Waals surface area contributed by atoms with Crippen LogP contribution in [0.25, 0.3) is 11.4 Å². The number of ketones is 1. The van der Waals surface area contributed by atoms with E-state index in [0.717, 1.165) is 31.5 Å². The highest BCUT2D eigenvalue weighted by Gasteiger charge is 2.22. The van der Waals surface area contributed by atoms with Gasteiger partial charge in [-0.1, -0.05) is 42.5 Å². The fraction of sp³-hybridized carbons (Fsp3) is 0.333. The van der Waals surface area contributed by atoms with Crippen LogP contribution in [0.4, 0.5) is 11.5 Å². The predicted molar refractivity (Wildman–Crippen MR) is 135 cm³/mol. The summed E-state index contributed by atoms with van der Waals surface area (Å²) in [6, 6.07) is 19.1. The van der Waals surface area contributed by atoms with Gasteiger partial charge in [0.25, 0.3) is 5.91 Å². The van der Waals surface area contributed by atoms with Crippen LogP contribution in [0, 0.1) is 0 Å². The van der Waals surface area contributed by atoms with Gasteiger partial charge in [0, 0.05) is 42.4 Å². The predicted octanol–water partition coefficient (Wildman–Crippen LogP) is 4.88. The minimum atomic E-state index is -0.383. The molecule has 0 atom stereocenters. The third-order valence-corrected chi connectivity index (χ3v) is 6.16. The van der Waals surface area contributed by atoms with Crippen LogP contribution in [-0.4, -0.2) is 51.7 Å². The molecule has 0 saturated carbocycles. The van der Waals surface area contributed by atoms with Crippen molar-refractivity contribution in [3.8, 4) is 11.4 Å². The summed E-state index contributed by atoms with van der Waals surface area (Å²) in [6.45, 7) is 7.98. The molecule has 0 aliphatic carbocycles. The van der Waals surface area contributed by atoms with Gasteiger partial charge in [-0.2, -0.15) is 0 Å². The van der Waals surface area contributed by atoms with Gasteiger partial charge in [-0.05, 0) is 45.7 Å². The second kappa shape index (κ2) is 10.6. The fourth-order valence-corrected chi connectivity index (χ4v) is 4.21. The van der Waals surface area contributed by atoms with E-state index >= 15 is 0 Å². The topological polar surface area (TPSA) is 87.2 Å². The first-order valence-electron chi connectivity index (χ1n) is 11.8. The Balaban J connectivity index is 1.60. The first-order valence-corrected chi connectivity index (χ1v) is 11.8. The number of nitrogens with zero attached hydrogens (tertiary/aromatic N) is 3. The van der Waals surface area contributed by atoms with E-state index in [0.29, 0.717) is 28.9 Å². The van der Waals surface area contributed by atoms with Crippen molar-refractivity contribution in [3.63, 3.8) is 0 Å². The Morgan fingerprint density at radius 2 is 1.65 bits per heavy atom. The van der Waals surface area contributed by atoms with Crippen LogP contribution >= 0.6 is 0 Å². The lowest BCUT2D eigenvalue weighted by atomic mass is 10.0. The molecule has 2 aromatic carbocycles. The van der Waals surface area contributed by atoms with Crippen molar-refractivity contribution in [1.82, 2.24) is 14.9 Å². The van der Waals surface area contributed by atoms with E-state index in [1.807, 2.05) is 30.3 Å². The summed E-state index contributed by atoms with van der Waals surface area (Å²) in [6.07, 6.45) is 2.02. The number of para-hydroxylation sites is 1. The first-order chi connectivity index (χ1) is 16.4. The van der Waals surface area contributed by atoms with Crippen LogP contribution in [0.2, 0.25) is 0 Å². The number of aromatic nitrogens is 2. The molecule has 3 aromatic rings. The number of rotatable bonds is 7. The fourth-order valence-electron chi connectivity index (χ4n) is 4.21. The summed E-state index contributed by atoms with van der Waals surface area (Å²) < 4.78 is 0. The van der Waals surface area contributed by atoms with Crippen LogP contribution in [0.5, 0.6) is 0 Å². The van der Waals surface area contributed by atoms with Crippen molar-refractivity contribution in [2.75, 3.05) is 23.7 Å². The summed E-state index contributed by atoms with van der Waals surface area (Å²) in [5, 5.41) is 6.38. The van der Waals surface area contributed by atoms with E-state index < -0.39 is 0 Å². The quantitative estimate of drug-likeness (QED) is 0.492. The van der Waals surface area contributed by atoms with Gasteiger partial charge in [-0.3, -0.25) is 9.59 Å². The van der Waals surface area contributed by atoms with E-state index in [2.05, 4.69) is 34.4 Å². The van der Waals surface area contributed by atoms with Crippen molar-refractivity contribution in [2.24, 2.45) is 0 Å². The second-order valence-electron chi connectivity index (χ2n) is 8.93. The summed E-state index contributed by atoms with van der Waals surface area (Å²) >= 11 is 0. The van der Waals surface area contributed by atoms with Gasteiger partial charge in [0.15, 0.2) is 11.6 Å². The Morgan fingerprint density at radius 1 is 0.971 bits per heavy atom. The lowest BCUT2D eigenvalue weighted by Gasteiger charge is -2.35. The highest BCUT2D eigenvalue weighted by molar-refractivity contribution is 6.08. The maximum absolute atomic E-state index is 13.2. The van der Waals surface area contributed by atoms with Crippen LogP contribution < -0.4 is 10.6 Å². The molecule has 4 rings (SSSR count). The van der Waals surface area contributed by atoms with Gasteiger partial charge in [0.2, 0.25) is 0 Å². The number of carbonyl (C=O) groups is 2. The lowest BCUT2D eigenvalue weighted by Crippen LogP contribution is -2.42. The molecule has 0 bridgehead atoms. The third-order valence-electron chi connectivity index (χ3n) is 6.16. The minimum absolute atomic E-state index is 0.112. The molecular weight excluding hydrogens is 426 g/mol. The zero-order valence-electron chi connectivity index (χ0n) is 19.9. The van der Waals surface area contributed by atoms with E-state index in [4.69, 9.17) is 4.98 Å². The Labute approximate surface area is 200 Å². The molecule has 2 N–H and O–H groups in total. The molecule has 1 aromatic heterocycles. The van der Waals surface area contributed by atoms with Gasteiger partial charge in [-0.25, -0.2) is 9.97 Å². The zero-order valence-corrected chi connectivity index (χ0v) is 19.9. The monoisotopic (exact) mass is 457 g/mol. The molecule has 0 radical (unpaired) electrons. The number of likely N-dealkylation sites (tertiary alicyclic amines) is 1. The van der Waals surface area contributed by atoms with Crippen LogP contribution in [-0.2, 0) is 0 Å². The number of hydrogen-bond acceptors (Lipinski definition) is 6.